The van der Waals surface area contributed by atoms with Crippen molar-refractivity contribution in [3.05, 3.63) is 102 Å². The standard InChI is InChI=1S/C33H21N7OS2/c1-18-11-16-25-23(17-18)40(22-9-5-6-10-24(22)41-25)21-14-12-20(13-15-21)27-26(19-7-3-2-4-8-19)34-28-29(35-27)31-33(39-43-37-31)32-30(28)36-42-38-32/h2-16,18H,17H2,1H3. The van der Waals surface area contributed by atoms with Gasteiger partial charge in [0.1, 0.15) is 38.9 Å². The molecule has 4 heterocycles. The van der Waals surface area contributed by atoms with Crippen LogP contribution in [-0.2, 0) is 0 Å². The van der Waals surface area contributed by atoms with Crippen LogP contribution in [0.15, 0.2) is 102 Å². The lowest BCUT2D eigenvalue weighted by atomic mass is 9.96. The second-order valence-electron chi connectivity index (χ2n) is 10.7. The van der Waals surface area contributed by atoms with Crippen LogP contribution >= 0.6 is 23.5 Å². The van der Waals surface area contributed by atoms with Crippen molar-refractivity contribution in [2.24, 2.45) is 5.92 Å². The van der Waals surface area contributed by atoms with Gasteiger partial charge in [0.25, 0.3) is 0 Å². The number of para-hydroxylation sites is 2. The van der Waals surface area contributed by atoms with Crippen LogP contribution < -0.4 is 9.64 Å². The molecule has 7 aromatic rings. The summed E-state index contributed by atoms with van der Waals surface area (Å²) in [7, 11) is 0. The van der Waals surface area contributed by atoms with E-state index < -0.39 is 0 Å². The Balaban J connectivity index is 1.24. The number of anilines is 2. The van der Waals surface area contributed by atoms with Gasteiger partial charge in [-0.05, 0) is 42.7 Å². The number of nitrogens with zero attached hydrogens (tertiary/aromatic N) is 7. The van der Waals surface area contributed by atoms with Crippen molar-refractivity contribution in [3.63, 3.8) is 0 Å². The van der Waals surface area contributed by atoms with Crippen LogP contribution in [0.1, 0.15) is 13.3 Å². The summed E-state index contributed by atoms with van der Waals surface area (Å²) >= 11 is 2.31. The first-order valence-corrected chi connectivity index (χ1v) is 15.4. The van der Waals surface area contributed by atoms with Crippen LogP contribution in [0.4, 0.5) is 11.4 Å². The highest BCUT2D eigenvalue weighted by Gasteiger charge is 2.30. The van der Waals surface area contributed by atoms with E-state index in [4.69, 9.17) is 14.7 Å². The number of allylic oxidation sites excluding steroid dienone is 3. The van der Waals surface area contributed by atoms with Gasteiger partial charge in [-0.2, -0.15) is 17.5 Å². The summed E-state index contributed by atoms with van der Waals surface area (Å²) < 4.78 is 24.5. The van der Waals surface area contributed by atoms with E-state index in [0.29, 0.717) is 28.0 Å². The molecule has 10 heteroatoms. The minimum Gasteiger partial charge on any atom is -0.453 e. The van der Waals surface area contributed by atoms with Crippen LogP contribution in [0.3, 0.4) is 0 Å². The van der Waals surface area contributed by atoms with Crippen LogP contribution in [0.25, 0.3) is 55.6 Å². The first-order valence-electron chi connectivity index (χ1n) is 14.0. The molecular formula is C33H21N7OS2. The van der Waals surface area contributed by atoms with Crippen molar-refractivity contribution < 1.29 is 4.74 Å². The maximum Gasteiger partial charge on any atom is 0.151 e. The lowest BCUT2D eigenvalue weighted by Crippen LogP contribution is -2.26. The number of aromatic nitrogens is 6. The Morgan fingerprint density at radius 1 is 0.674 bits per heavy atom. The van der Waals surface area contributed by atoms with E-state index in [1.165, 1.54) is 0 Å². The summed E-state index contributed by atoms with van der Waals surface area (Å²) in [4.78, 5) is 12.7. The third kappa shape index (κ3) is 3.80. The maximum atomic E-state index is 6.30. The number of rotatable bonds is 3. The van der Waals surface area contributed by atoms with Crippen LogP contribution in [-0.4, -0.2) is 27.5 Å². The summed E-state index contributed by atoms with van der Waals surface area (Å²) in [5.41, 5.74) is 11.0. The smallest absolute Gasteiger partial charge is 0.151 e. The molecule has 8 nitrogen and oxygen atoms in total. The van der Waals surface area contributed by atoms with Gasteiger partial charge < -0.3 is 9.64 Å². The zero-order valence-corrected chi connectivity index (χ0v) is 24.4. The normalized spacial score (nSPS) is 16.1. The SMILES string of the molecule is CC1C=CC2=C(C1)N(c1ccc(-c3nc4c5nsnc5c5nsnc5c4nc3-c3ccccc3)cc1)c1ccccc1O2. The molecule has 4 aromatic carbocycles. The van der Waals surface area contributed by atoms with E-state index in [2.05, 4.69) is 90.0 Å². The van der Waals surface area contributed by atoms with Crippen LogP contribution in [0, 0.1) is 5.92 Å². The zero-order valence-electron chi connectivity index (χ0n) is 22.8. The highest BCUT2D eigenvalue weighted by molar-refractivity contribution is 7.01. The highest BCUT2D eigenvalue weighted by atomic mass is 32.1. The predicted molar refractivity (Wildman–Crippen MR) is 172 cm³/mol. The van der Waals surface area contributed by atoms with Gasteiger partial charge in [0, 0.05) is 16.8 Å². The molecule has 0 saturated carbocycles. The quantitative estimate of drug-likeness (QED) is 0.201. The monoisotopic (exact) mass is 595 g/mol. The Morgan fingerprint density at radius 3 is 1.93 bits per heavy atom. The largest absolute Gasteiger partial charge is 0.453 e. The minimum absolute atomic E-state index is 0.423. The van der Waals surface area contributed by atoms with Gasteiger partial charge in [-0.15, -0.1) is 0 Å². The summed E-state index contributed by atoms with van der Waals surface area (Å²) in [5, 5.41) is 0. The molecule has 206 valence electrons. The second kappa shape index (κ2) is 9.48. The number of hydrogen-bond acceptors (Lipinski definition) is 10. The van der Waals surface area contributed by atoms with E-state index in [1.807, 2.05) is 30.3 Å². The van der Waals surface area contributed by atoms with E-state index in [0.717, 1.165) is 92.0 Å². The third-order valence-electron chi connectivity index (χ3n) is 7.96. The first kappa shape index (κ1) is 24.5. The molecular weight excluding hydrogens is 575 g/mol. The van der Waals surface area contributed by atoms with E-state index in [-0.39, 0.29) is 0 Å². The predicted octanol–water partition coefficient (Wildman–Crippen LogP) is 8.31. The molecule has 9 rings (SSSR count). The Kier molecular flexibility index (Phi) is 5.41. The van der Waals surface area contributed by atoms with Gasteiger partial charge in [-0.3, -0.25) is 0 Å². The van der Waals surface area contributed by atoms with E-state index in [1.54, 1.807) is 0 Å². The van der Waals surface area contributed by atoms with Gasteiger partial charge >= 0.3 is 0 Å². The van der Waals surface area contributed by atoms with Crippen molar-refractivity contribution in [1.82, 2.24) is 27.5 Å². The van der Waals surface area contributed by atoms with Crippen LogP contribution in [0.5, 0.6) is 5.75 Å². The summed E-state index contributed by atoms with van der Waals surface area (Å²) in [6.45, 7) is 2.23. The molecule has 0 amide bonds. The van der Waals surface area contributed by atoms with Gasteiger partial charge in [0.05, 0.1) is 46.2 Å². The van der Waals surface area contributed by atoms with Crippen molar-refractivity contribution in [3.8, 4) is 28.3 Å². The molecule has 1 aliphatic heterocycles. The third-order valence-corrected chi connectivity index (χ3v) is 9.02. The molecule has 0 fully saturated rings. The topological polar surface area (TPSA) is 89.8 Å². The lowest BCUT2D eigenvalue weighted by Gasteiger charge is -2.36. The molecule has 0 spiro atoms. The summed E-state index contributed by atoms with van der Waals surface area (Å²) in [6, 6.07) is 26.9. The fraction of sp³-hybridized carbons (Fsp3) is 0.0909. The number of ether oxygens (including phenoxy) is 1. The number of fused-ring (bicyclic) bond motifs is 7. The van der Waals surface area contributed by atoms with E-state index in [9.17, 15) is 0 Å². The molecule has 2 aliphatic rings. The molecule has 1 atom stereocenters. The molecule has 43 heavy (non-hydrogen) atoms. The Labute approximate surface area is 254 Å². The van der Waals surface area contributed by atoms with Gasteiger partial charge in [0.2, 0.25) is 0 Å². The average Bonchev–Trinajstić information content (AvgIpc) is 3.75. The Hall–Kier alpha value is -5.06. The van der Waals surface area contributed by atoms with Crippen molar-refractivity contribution in [2.45, 2.75) is 13.3 Å². The highest BCUT2D eigenvalue weighted by Crippen LogP contribution is 2.46. The van der Waals surface area contributed by atoms with Crippen molar-refractivity contribution in [1.29, 1.82) is 0 Å². The van der Waals surface area contributed by atoms with Crippen molar-refractivity contribution >= 4 is 67.9 Å². The molecule has 0 saturated heterocycles. The first-order chi connectivity index (χ1) is 21.2. The maximum absolute atomic E-state index is 6.30. The number of hydrogen-bond donors (Lipinski definition) is 0. The van der Waals surface area contributed by atoms with E-state index >= 15 is 0 Å². The average molecular weight is 596 g/mol. The molecule has 0 radical (unpaired) electrons. The Bertz CT molecular complexity index is 2270. The Morgan fingerprint density at radius 2 is 1.26 bits per heavy atom. The van der Waals surface area contributed by atoms with Crippen LogP contribution in [0.2, 0.25) is 0 Å². The van der Waals surface area contributed by atoms with Gasteiger partial charge in [-0.1, -0.05) is 67.6 Å². The second-order valence-corrected chi connectivity index (χ2v) is 11.8. The fourth-order valence-electron chi connectivity index (χ4n) is 5.93. The lowest BCUT2D eigenvalue weighted by molar-refractivity contribution is 0.414. The van der Waals surface area contributed by atoms with Gasteiger partial charge in [-0.25, -0.2) is 9.97 Å². The summed E-state index contributed by atoms with van der Waals surface area (Å²) in [5.74, 6) is 2.17. The molecule has 0 N–H and O–H groups in total. The number of benzene rings is 4. The van der Waals surface area contributed by atoms with Crippen molar-refractivity contribution in [2.75, 3.05) is 4.90 Å². The molecule has 3 aromatic heterocycles. The molecule has 1 aliphatic carbocycles. The minimum atomic E-state index is 0.423. The summed E-state index contributed by atoms with van der Waals surface area (Å²) in [6.07, 6.45) is 5.20. The zero-order chi connectivity index (χ0) is 28.5. The molecule has 1 unspecified atom stereocenters. The fourth-order valence-corrected chi connectivity index (χ4v) is 7.03. The molecule has 0 bridgehead atoms. The van der Waals surface area contributed by atoms with Gasteiger partial charge in [0.15, 0.2) is 5.75 Å².